The van der Waals surface area contributed by atoms with Crippen molar-refractivity contribution in [2.75, 3.05) is 28.2 Å². The quantitative estimate of drug-likeness (QED) is 0.634. The Bertz CT molecular complexity index is 263. The van der Waals surface area contributed by atoms with E-state index in [0.29, 0.717) is 0 Å². The van der Waals surface area contributed by atoms with Crippen molar-refractivity contribution in [2.24, 2.45) is 10.1 Å². The molecule has 0 fully saturated rings. The van der Waals surface area contributed by atoms with Crippen molar-refractivity contribution in [3.63, 3.8) is 0 Å². The number of nitrogens with two attached hydrogens (primary N) is 1. The van der Waals surface area contributed by atoms with Crippen molar-refractivity contribution in [1.82, 2.24) is 8.61 Å². The fourth-order valence-electron chi connectivity index (χ4n) is 0.607. The van der Waals surface area contributed by atoms with Crippen LogP contribution in [0.1, 0.15) is 0 Å². The predicted octanol–water partition coefficient (Wildman–Crippen LogP) is -0.349. The average molecular weight is 210 g/mol. The van der Waals surface area contributed by atoms with E-state index < -0.39 is 10.1 Å². The molecule has 0 spiro atoms. The van der Waals surface area contributed by atoms with Crippen molar-refractivity contribution in [2.45, 2.75) is 0 Å². The molecule has 0 aliphatic heterocycles. The number of rotatable bonds is 2. The Morgan fingerprint density at radius 1 is 1.33 bits per heavy atom. The van der Waals surface area contributed by atoms with Crippen LogP contribution >= 0.6 is 12.2 Å². The first-order chi connectivity index (χ1) is 5.30. The van der Waals surface area contributed by atoms with Crippen LogP contribution in [0.3, 0.4) is 0 Å². The zero-order valence-corrected chi connectivity index (χ0v) is 9.28. The van der Waals surface area contributed by atoms with Crippen LogP contribution in [0.25, 0.3) is 0 Å². The molecule has 0 aromatic rings. The second-order valence-electron chi connectivity index (χ2n) is 2.52. The molecule has 12 heavy (non-hydrogen) atoms. The van der Waals surface area contributed by atoms with E-state index in [9.17, 15) is 4.21 Å². The van der Waals surface area contributed by atoms with Gasteiger partial charge in [-0.2, -0.15) is 0 Å². The molecule has 0 saturated carbocycles. The van der Waals surface area contributed by atoms with E-state index in [1.165, 1.54) is 8.61 Å². The van der Waals surface area contributed by atoms with Crippen LogP contribution in [0.5, 0.6) is 0 Å². The molecule has 0 rings (SSSR count). The van der Waals surface area contributed by atoms with Crippen LogP contribution in [0, 0.1) is 0 Å². The molecule has 0 aliphatic rings. The van der Waals surface area contributed by atoms with Crippen LogP contribution in [-0.4, -0.2) is 46.1 Å². The second kappa shape index (κ2) is 4.13. The summed E-state index contributed by atoms with van der Waals surface area (Å²) >= 11 is 4.56. The summed E-state index contributed by atoms with van der Waals surface area (Å²) in [5.41, 5.74) is 5.19. The molecule has 2 N–H and O–H groups in total. The molecular weight excluding hydrogens is 196 g/mol. The normalized spacial score (nSPS) is 12.2. The summed E-state index contributed by atoms with van der Waals surface area (Å²) in [6.45, 7) is 0. The van der Waals surface area contributed by atoms with Gasteiger partial charge >= 0.3 is 0 Å². The first kappa shape index (κ1) is 11.8. The maximum absolute atomic E-state index is 11.9. The Morgan fingerprint density at radius 3 is 1.75 bits per heavy atom. The van der Waals surface area contributed by atoms with Gasteiger partial charge in [-0.05, 0) is 12.2 Å². The highest BCUT2D eigenvalue weighted by atomic mass is 32.2. The van der Waals surface area contributed by atoms with Gasteiger partial charge in [0.1, 0.15) is 0 Å². The molecule has 0 heterocycles. The molecule has 0 bridgehead atoms. The lowest BCUT2D eigenvalue weighted by molar-refractivity contribution is 0.516. The highest BCUT2D eigenvalue weighted by molar-refractivity contribution is 7.90. The lowest BCUT2D eigenvalue weighted by Gasteiger charge is -2.22. The monoisotopic (exact) mass is 210 g/mol. The van der Waals surface area contributed by atoms with Crippen LogP contribution in [0.4, 0.5) is 0 Å². The standard InChI is InChI=1S/C5H14N4OS2/c1-8(2)12(10,9(3)4)7-5(6)11/h1-4H3,(H2,6,11). The Hall–Kier alpha value is -0.240. The van der Waals surface area contributed by atoms with Crippen LogP contribution < -0.4 is 5.73 Å². The van der Waals surface area contributed by atoms with Crippen LogP contribution in [-0.2, 0) is 10.1 Å². The zero-order valence-electron chi connectivity index (χ0n) is 7.64. The molecule has 0 aliphatic carbocycles. The summed E-state index contributed by atoms with van der Waals surface area (Å²) in [7, 11) is 4.03. The zero-order chi connectivity index (χ0) is 9.94. The summed E-state index contributed by atoms with van der Waals surface area (Å²) in [6.07, 6.45) is 0. The number of nitrogens with zero attached hydrogens (tertiary/aromatic N) is 3. The SMILES string of the molecule is CN(C)S(=O)(=NC(N)=S)N(C)C. The molecule has 0 unspecified atom stereocenters. The summed E-state index contributed by atoms with van der Waals surface area (Å²) in [5, 5.41) is -0.0950. The molecule has 0 aromatic heterocycles. The van der Waals surface area contributed by atoms with E-state index in [0.717, 1.165) is 0 Å². The van der Waals surface area contributed by atoms with Gasteiger partial charge in [-0.25, -0.2) is 12.8 Å². The van der Waals surface area contributed by atoms with Gasteiger partial charge in [-0.15, -0.1) is 4.36 Å². The first-order valence-corrected chi connectivity index (χ1v) is 5.06. The van der Waals surface area contributed by atoms with Gasteiger partial charge in [0.2, 0.25) is 5.11 Å². The molecule has 0 saturated heterocycles. The van der Waals surface area contributed by atoms with E-state index >= 15 is 0 Å². The minimum Gasteiger partial charge on any atom is -0.374 e. The molecule has 0 amide bonds. The van der Waals surface area contributed by atoms with Crippen molar-refractivity contribution in [3.8, 4) is 0 Å². The highest BCUT2D eigenvalue weighted by Crippen LogP contribution is 2.02. The Balaban J connectivity index is 5.17. The minimum absolute atomic E-state index is 0.0950. The Labute approximate surface area is 79.0 Å². The molecule has 0 aromatic carbocycles. The molecule has 5 nitrogen and oxygen atoms in total. The van der Waals surface area contributed by atoms with Crippen molar-refractivity contribution >= 4 is 27.4 Å². The summed E-state index contributed by atoms with van der Waals surface area (Å²) in [6, 6.07) is 0. The molecule has 0 atom stereocenters. The van der Waals surface area contributed by atoms with Gasteiger partial charge in [-0.3, -0.25) is 0 Å². The van der Waals surface area contributed by atoms with Crippen LogP contribution in [0.15, 0.2) is 4.36 Å². The van der Waals surface area contributed by atoms with Crippen molar-refractivity contribution in [1.29, 1.82) is 0 Å². The first-order valence-electron chi connectivity index (χ1n) is 3.22. The van der Waals surface area contributed by atoms with Gasteiger partial charge in [0.15, 0.2) is 10.1 Å². The predicted molar refractivity (Wildman–Crippen MR) is 54.7 cm³/mol. The van der Waals surface area contributed by atoms with Gasteiger partial charge in [-0.1, -0.05) is 0 Å². The second-order valence-corrected chi connectivity index (χ2v) is 5.52. The lowest BCUT2D eigenvalue weighted by Crippen LogP contribution is -2.35. The topological polar surface area (TPSA) is 61.9 Å². The number of hydrogen-bond donors (Lipinski definition) is 1. The molecular formula is C5H14N4OS2. The third-order valence-corrected chi connectivity index (χ3v) is 3.70. The Kier molecular flexibility index (Phi) is 4.04. The molecule has 0 radical (unpaired) electrons. The summed E-state index contributed by atoms with van der Waals surface area (Å²) < 4.78 is 18.6. The van der Waals surface area contributed by atoms with Crippen molar-refractivity contribution in [3.05, 3.63) is 0 Å². The molecule has 72 valence electrons. The number of thiocarbonyl (C=S) groups is 1. The maximum atomic E-state index is 11.9. The van der Waals surface area contributed by atoms with E-state index in [-0.39, 0.29) is 5.11 Å². The third kappa shape index (κ3) is 2.67. The number of hydrogen-bond acceptors (Lipinski definition) is 2. The molecule has 7 heteroatoms. The third-order valence-electron chi connectivity index (χ3n) is 1.16. The lowest BCUT2D eigenvalue weighted by atomic mass is 11.3. The van der Waals surface area contributed by atoms with Gasteiger partial charge < -0.3 is 5.73 Å². The fraction of sp³-hybridized carbons (Fsp3) is 0.800. The van der Waals surface area contributed by atoms with Gasteiger partial charge in [0.25, 0.3) is 0 Å². The van der Waals surface area contributed by atoms with E-state index in [2.05, 4.69) is 16.6 Å². The fourth-order valence-corrected chi connectivity index (χ4v) is 2.11. The van der Waals surface area contributed by atoms with Gasteiger partial charge in [0, 0.05) is 28.2 Å². The largest absolute Gasteiger partial charge is 0.374 e. The smallest absolute Gasteiger partial charge is 0.201 e. The summed E-state index contributed by atoms with van der Waals surface area (Å²) in [5.74, 6) is 0. The average Bonchev–Trinajstić information content (AvgIpc) is 1.84. The summed E-state index contributed by atoms with van der Waals surface area (Å²) in [4.78, 5) is 0. The van der Waals surface area contributed by atoms with E-state index in [4.69, 9.17) is 5.73 Å². The van der Waals surface area contributed by atoms with Crippen molar-refractivity contribution < 1.29 is 4.21 Å². The van der Waals surface area contributed by atoms with Gasteiger partial charge in [0.05, 0.1) is 0 Å². The van der Waals surface area contributed by atoms with E-state index in [1.54, 1.807) is 28.2 Å². The van der Waals surface area contributed by atoms with E-state index in [1.807, 2.05) is 0 Å². The Morgan fingerprint density at radius 2 is 1.67 bits per heavy atom. The highest BCUT2D eigenvalue weighted by Gasteiger charge is 2.14. The minimum atomic E-state index is -2.60. The van der Waals surface area contributed by atoms with Crippen LogP contribution in [0.2, 0.25) is 0 Å². The maximum Gasteiger partial charge on any atom is 0.201 e.